The fourth-order valence-corrected chi connectivity index (χ4v) is 2.37. The zero-order valence-electron chi connectivity index (χ0n) is 12.7. The summed E-state index contributed by atoms with van der Waals surface area (Å²) in [5.74, 6) is 2.18. The van der Waals surface area contributed by atoms with Crippen LogP contribution in [-0.2, 0) is 13.1 Å². The summed E-state index contributed by atoms with van der Waals surface area (Å²) in [5.41, 5.74) is 1.26. The SMILES string of the molecule is Cc1cc(CN2CCN(C)CC2)oc1CNC(C)C. The Morgan fingerprint density at radius 3 is 2.58 bits per heavy atom. The van der Waals surface area contributed by atoms with Gasteiger partial charge in [0.1, 0.15) is 11.5 Å². The van der Waals surface area contributed by atoms with Gasteiger partial charge in [-0.3, -0.25) is 4.90 Å². The van der Waals surface area contributed by atoms with Crippen LogP contribution in [0.3, 0.4) is 0 Å². The lowest BCUT2D eigenvalue weighted by molar-refractivity contribution is 0.139. The summed E-state index contributed by atoms with van der Waals surface area (Å²) >= 11 is 0. The summed E-state index contributed by atoms with van der Waals surface area (Å²) in [7, 11) is 2.18. The van der Waals surface area contributed by atoms with Crippen molar-refractivity contribution in [1.82, 2.24) is 15.1 Å². The molecule has 4 heteroatoms. The Balaban J connectivity index is 1.88. The first-order valence-corrected chi connectivity index (χ1v) is 7.27. The van der Waals surface area contributed by atoms with Crippen molar-refractivity contribution >= 4 is 0 Å². The van der Waals surface area contributed by atoms with E-state index in [9.17, 15) is 0 Å². The van der Waals surface area contributed by atoms with Gasteiger partial charge < -0.3 is 14.6 Å². The van der Waals surface area contributed by atoms with Gasteiger partial charge in [-0.1, -0.05) is 13.8 Å². The van der Waals surface area contributed by atoms with Gasteiger partial charge in [0.05, 0.1) is 13.1 Å². The van der Waals surface area contributed by atoms with E-state index < -0.39 is 0 Å². The first-order chi connectivity index (χ1) is 9.04. The summed E-state index contributed by atoms with van der Waals surface area (Å²) in [4.78, 5) is 4.85. The lowest BCUT2D eigenvalue weighted by Crippen LogP contribution is -2.43. The summed E-state index contributed by atoms with van der Waals surface area (Å²) in [6, 6.07) is 2.68. The van der Waals surface area contributed by atoms with Crippen LogP contribution in [-0.4, -0.2) is 49.1 Å². The van der Waals surface area contributed by atoms with Gasteiger partial charge in [-0.25, -0.2) is 0 Å². The van der Waals surface area contributed by atoms with Gasteiger partial charge in [0.25, 0.3) is 0 Å². The van der Waals surface area contributed by atoms with Crippen molar-refractivity contribution in [2.75, 3.05) is 33.2 Å². The van der Waals surface area contributed by atoms with Gasteiger partial charge in [0, 0.05) is 32.2 Å². The van der Waals surface area contributed by atoms with Gasteiger partial charge in [-0.2, -0.15) is 0 Å². The Bertz CT molecular complexity index is 392. The maximum Gasteiger partial charge on any atom is 0.120 e. The molecule has 108 valence electrons. The largest absolute Gasteiger partial charge is 0.463 e. The van der Waals surface area contributed by atoms with Gasteiger partial charge in [-0.15, -0.1) is 0 Å². The van der Waals surface area contributed by atoms with Gasteiger partial charge in [0.2, 0.25) is 0 Å². The molecule has 0 amide bonds. The molecule has 1 aromatic rings. The number of hydrogen-bond acceptors (Lipinski definition) is 4. The highest BCUT2D eigenvalue weighted by Gasteiger charge is 2.16. The molecule has 2 rings (SSSR count). The Morgan fingerprint density at radius 1 is 1.26 bits per heavy atom. The van der Waals surface area contributed by atoms with E-state index in [4.69, 9.17) is 4.42 Å². The molecule has 1 aliphatic rings. The molecule has 0 aliphatic carbocycles. The number of furan rings is 1. The Morgan fingerprint density at radius 2 is 1.95 bits per heavy atom. The van der Waals surface area contributed by atoms with E-state index in [2.05, 4.69) is 49.0 Å². The quantitative estimate of drug-likeness (QED) is 0.880. The van der Waals surface area contributed by atoms with Crippen molar-refractivity contribution in [3.05, 3.63) is 23.2 Å². The van der Waals surface area contributed by atoms with Crippen molar-refractivity contribution in [3.63, 3.8) is 0 Å². The van der Waals surface area contributed by atoms with Crippen LogP contribution in [0.1, 0.15) is 30.9 Å². The highest BCUT2D eigenvalue weighted by molar-refractivity contribution is 5.20. The average molecular weight is 265 g/mol. The van der Waals surface area contributed by atoms with Crippen LogP contribution in [0.15, 0.2) is 10.5 Å². The average Bonchev–Trinajstić information content (AvgIpc) is 2.70. The Kier molecular flexibility index (Phi) is 5.02. The van der Waals surface area contributed by atoms with Crippen LogP contribution >= 0.6 is 0 Å². The number of nitrogens with zero attached hydrogens (tertiary/aromatic N) is 2. The first-order valence-electron chi connectivity index (χ1n) is 7.27. The molecule has 0 aromatic carbocycles. The lowest BCUT2D eigenvalue weighted by atomic mass is 10.2. The fraction of sp³-hybridized carbons (Fsp3) is 0.733. The monoisotopic (exact) mass is 265 g/mol. The molecule has 0 radical (unpaired) electrons. The zero-order chi connectivity index (χ0) is 13.8. The molecule has 1 aromatic heterocycles. The summed E-state index contributed by atoms with van der Waals surface area (Å²) < 4.78 is 5.98. The minimum Gasteiger partial charge on any atom is -0.463 e. The van der Waals surface area contributed by atoms with Crippen molar-refractivity contribution in [3.8, 4) is 0 Å². The number of likely N-dealkylation sites (N-methyl/N-ethyl adjacent to an activating group) is 1. The van der Waals surface area contributed by atoms with E-state index >= 15 is 0 Å². The molecule has 1 N–H and O–H groups in total. The summed E-state index contributed by atoms with van der Waals surface area (Å²) in [6.45, 7) is 12.8. The fourth-order valence-electron chi connectivity index (χ4n) is 2.37. The first kappa shape index (κ1) is 14.6. The molecule has 1 saturated heterocycles. The lowest BCUT2D eigenvalue weighted by Gasteiger charge is -2.31. The molecule has 1 fully saturated rings. The molecule has 1 aliphatic heterocycles. The molecular weight excluding hydrogens is 238 g/mol. The number of piperazine rings is 1. The summed E-state index contributed by atoms with van der Waals surface area (Å²) in [6.07, 6.45) is 0. The van der Waals surface area contributed by atoms with Crippen LogP contribution in [0.25, 0.3) is 0 Å². The summed E-state index contributed by atoms with van der Waals surface area (Å²) in [5, 5.41) is 3.41. The van der Waals surface area contributed by atoms with Crippen LogP contribution in [0.5, 0.6) is 0 Å². The predicted octanol–water partition coefficient (Wildman–Crippen LogP) is 1.83. The second-order valence-corrected chi connectivity index (χ2v) is 5.93. The van der Waals surface area contributed by atoms with Crippen molar-refractivity contribution in [2.45, 2.75) is 39.9 Å². The molecule has 0 atom stereocenters. The third kappa shape index (κ3) is 4.34. The highest BCUT2D eigenvalue weighted by atomic mass is 16.3. The van der Waals surface area contributed by atoms with E-state index in [1.165, 1.54) is 5.56 Å². The maximum atomic E-state index is 5.98. The van der Waals surface area contributed by atoms with E-state index in [0.29, 0.717) is 6.04 Å². The third-order valence-electron chi connectivity index (χ3n) is 3.72. The van der Waals surface area contributed by atoms with Crippen molar-refractivity contribution < 1.29 is 4.42 Å². The molecule has 0 bridgehead atoms. The second kappa shape index (κ2) is 6.55. The second-order valence-electron chi connectivity index (χ2n) is 5.93. The van der Waals surface area contributed by atoms with E-state index in [-0.39, 0.29) is 0 Å². The molecular formula is C15H27N3O. The van der Waals surface area contributed by atoms with Crippen LogP contribution in [0.4, 0.5) is 0 Å². The number of hydrogen-bond donors (Lipinski definition) is 1. The Hall–Kier alpha value is -0.840. The van der Waals surface area contributed by atoms with Gasteiger partial charge in [0.15, 0.2) is 0 Å². The molecule has 2 heterocycles. The van der Waals surface area contributed by atoms with E-state index in [1.54, 1.807) is 0 Å². The van der Waals surface area contributed by atoms with Crippen molar-refractivity contribution in [2.24, 2.45) is 0 Å². The number of nitrogens with one attached hydrogen (secondary N) is 1. The van der Waals surface area contributed by atoms with Gasteiger partial charge in [-0.05, 0) is 25.6 Å². The molecule has 4 nitrogen and oxygen atoms in total. The highest BCUT2D eigenvalue weighted by Crippen LogP contribution is 2.17. The van der Waals surface area contributed by atoms with Crippen LogP contribution < -0.4 is 5.32 Å². The topological polar surface area (TPSA) is 31.6 Å². The Labute approximate surface area is 116 Å². The van der Waals surface area contributed by atoms with E-state index in [1.807, 2.05) is 0 Å². The minimum atomic E-state index is 0.491. The smallest absolute Gasteiger partial charge is 0.120 e. The maximum absolute atomic E-state index is 5.98. The van der Waals surface area contributed by atoms with Crippen molar-refractivity contribution in [1.29, 1.82) is 0 Å². The number of aryl methyl sites for hydroxylation is 1. The minimum absolute atomic E-state index is 0.491. The standard InChI is InChI=1S/C15H27N3O/c1-12(2)16-10-15-13(3)9-14(19-15)11-18-7-5-17(4)6-8-18/h9,12,16H,5-8,10-11H2,1-4H3. The van der Waals surface area contributed by atoms with Crippen LogP contribution in [0, 0.1) is 6.92 Å². The number of rotatable bonds is 5. The predicted molar refractivity (Wildman–Crippen MR) is 78.2 cm³/mol. The molecule has 0 unspecified atom stereocenters. The molecule has 0 spiro atoms. The zero-order valence-corrected chi connectivity index (χ0v) is 12.7. The molecule has 19 heavy (non-hydrogen) atoms. The van der Waals surface area contributed by atoms with Crippen LogP contribution in [0.2, 0.25) is 0 Å². The third-order valence-corrected chi connectivity index (χ3v) is 3.72. The molecule has 0 saturated carbocycles. The van der Waals surface area contributed by atoms with Gasteiger partial charge >= 0.3 is 0 Å². The normalized spacial score (nSPS) is 18.4. The van der Waals surface area contributed by atoms with E-state index in [0.717, 1.165) is 50.8 Å².